The minimum Gasteiger partial charge on any atom is -0.493 e. The van der Waals surface area contributed by atoms with Crippen LogP contribution in [0.2, 0.25) is 5.02 Å². The second-order valence-electron chi connectivity index (χ2n) is 5.89. The predicted octanol–water partition coefficient (Wildman–Crippen LogP) is 5.79. The monoisotopic (exact) mass is 359 g/mol. The van der Waals surface area contributed by atoms with Gasteiger partial charge in [-0.1, -0.05) is 30.7 Å². The van der Waals surface area contributed by atoms with Gasteiger partial charge in [-0.05, 0) is 55.2 Å². The first-order chi connectivity index (χ1) is 12.1. The summed E-state index contributed by atoms with van der Waals surface area (Å²) in [6, 6.07) is 10.0. The van der Waals surface area contributed by atoms with Crippen molar-refractivity contribution in [1.29, 1.82) is 0 Å². The summed E-state index contributed by atoms with van der Waals surface area (Å²) >= 11 is 6.19. The molecule has 3 nitrogen and oxygen atoms in total. The molecular weight excluding hydrogens is 334 g/mol. The molecule has 0 spiro atoms. The zero-order valence-electron chi connectivity index (χ0n) is 15.2. The van der Waals surface area contributed by atoms with Gasteiger partial charge in [-0.2, -0.15) is 0 Å². The first-order valence-electron chi connectivity index (χ1n) is 8.53. The lowest BCUT2D eigenvalue weighted by Crippen LogP contribution is -2.05. The smallest absolute Gasteiger partial charge is 0.164 e. The molecule has 0 fully saturated rings. The molecule has 0 aliphatic rings. The molecule has 2 aromatic carbocycles. The van der Waals surface area contributed by atoms with Crippen molar-refractivity contribution in [3.05, 3.63) is 64.7 Å². The third kappa shape index (κ3) is 4.93. The number of ether oxygens (including phenoxy) is 2. The van der Waals surface area contributed by atoms with E-state index in [0.29, 0.717) is 13.2 Å². The van der Waals surface area contributed by atoms with Gasteiger partial charge in [0.05, 0.1) is 13.7 Å². The molecule has 2 aromatic rings. The van der Waals surface area contributed by atoms with E-state index in [4.69, 9.17) is 21.1 Å². The summed E-state index contributed by atoms with van der Waals surface area (Å²) in [6.07, 6.45) is 3.57. The summed E-state index contributed by atoms with van der Waals surface area (Å²) < 4.78 is 11.5. The van der Waals surface area contributed by atoms with Gasteiger partial charge in [0.2, 0.25) is 0 Å². The third-order valence-electron chi connectivity index (χ3n) is 3.98. The van der Waals surface area contributed by atoms with Crippen molar-refractivity contribution in [3.8, 4) is 11.5 Å². The van der Waals surface area contributed by atoms with E-state index in [1.165, 1.54) is 0 Å². The van der Waals surface area contributed by atoms with E-state index in [-0.39, 0.29) is 0 Å². The van der Waals surface area contributed by atoms with Gasteiger partial charge in [0.1, 0.15) is 0 Å². The fraction of sp³-hybridized carbons (Fsp3) is 0.333. The molecule has 0 bridgehead atoms. The fourth-order valence-corrected chi connectivity index (χ4v) is 2.82. The average molecular weight is 360 g/mol. The Morgan fingerprint density at radius 1 is 1.28 bits per heavy atom. The highest BCUT2D eigenvalue weighted by Crippen LogP contribution is 2.34. The molecule has 0 saturated carbocycles. The number of hydrogen-bond donors (Lipinski definition) is 1. The highest BCUT2D eigenvalue weighted by molar-refractivity contribution is 6.31. The van der Waals surface area contributed by atoms with Gasteiger partial charge in [-0.15, -0.1) is 6.58 Å². The van der Waals surface area contributed by atoms with Crippen LogP contribution in [0.15, 0.2) is 43.0 Å². The van der Waals surface area contributed by atoms with E-state index in [2.05, 4.69) is 24.9 Å². The summed E-state index contributed by atoms with van der Waals surface area (Å²) in [5.41, 5.74) is 4.28. The van der Waals surface area contributed by atoms with Crippen LogP contribution in [0.25, 0.3) is 0 Å². The first-order valence-corrected chi connectivity index (χ1v) is 8.91. The Hall–Kier alpha value is -2.13. The summed E-state index contributed by atoms with van der Waals surface area (Å²) in [7, 11) is 1.67. The number of methoxy groups -OCH3 is 1. The topological polar surface area (TPSA) is 30.5 Å². The molecule has 0 unspecified atom stereocenters. The SMILES string of the molecule is C=CCc1cc(CNc2cccc(Cl)c2C)cc(OC)c1OCCC. The fourth-order valence-electron chi connectivity index (χ4n) is 2.65. The van der Waals surface area contributed by atoms with Gasteiger partial charge in [0.25, 0.3) is 0 Å². The average Bonchev–Trinajstić information content (AvgIpc) is 2.61. The number of anilines is 1. The summed E-state index contributed by atoms with van der Waals surface area (Å²) in [6.45, 7) is 9.29. The van der Waals surface area contributed by atoms with E-state index >= 15 is 0 Å². The summed E-state index contributed by atoms with van der Waals surface area (Å²) in [5.74, 6) is 1.57. The Balaban J connectivity index is 2.26. The molecule has 0 saturated heterocycles. The number of halogens is 1. The Morgan fingerprint density at radius 3 is 2.76 bits per heavy atom. The molecule has 0 radical (unpaired) electrons. The molecule has 2 rings (SSSR count). The maximum absolute atomic E-state index is 6.19. The molecule has 0 aliphatic heterocycles. The van der Waals surface area contributed by atoms with Crippen molar-refractivity contribution >= 4 is 17.3 Å². The molecule has 0 heterocycles. The molecule has 0 aromatic heterocycles. The number of rotatable bonds is 9. The van der Waals surface area contributed by atoms with E-state index in [1.807, 2.05) is 37.3 Å². The molecule has 4 heteroatoms. The summed E-state index contributed by atoms with van der Waals surface area (Å²) in [4.78, 5) is 0. The Morgan fingerprint density at radius 2 is 2.08 bits per heavy atom. The van der Waals surface area contributed by atoms with Crippen molar-refractivity contribution in [2.75, 3.05) is 19.0 Å². The molecule has 134 valence electrons. The zero-order valence-corrected chi connectivity index (χ0v) is 16.0. The highest BCUT2D eigenvalue weighted by atomic mass is 35.5. The second-order valence-corrected chi connectivity index (χ2v) is 6.30. The van der Waals surface area contributed by atoms with Gasteiger partial charge >= 0.3 is 0 Å². The van der Waals surface area contributed by atoms with Crippen LogP contribution >= 0.6 is 11.6 Å². The van der Waals surface area contributed by atoms with Gasteiger partial charge < -0.3 is 14.8 Å². The highest BCUT2D eigenvalue weighted by Gasteiger charge is 2.13. The number of benzene rings is 2. The summed E-state index contributed by atoms with van der Waals surface area (Å²) in [5, 5.41) is 4.21. The third-order valence-corrected chi connectivity index (χ3v) is 4.39. The lowest BCUT2D eigenvalue weighted by molar-refractivity contribution is 0.291. The van der Waals surface area contributed by atoms with Crippen molar-refractivity contribution in [2.45, 2.75) is 33.2 Å². The van der Waals surface area contributed by atoms with Crippen LogP contribution < -0.4 is 14.8 Å². The predicted molar refractivity (Wildman–Crippen MR) is 106 cm³/mol. The lowest BCUT2D eigenvalue weighted by atomic mass is 10.0. The molecule has 0 atom stereocenters. The Kier molecular flexibility index (Phi) is 7.20. The van der Waals surface area contributed by atoms with Crippen LogP contribution in [0.5, 0.6) is 11.5 Å². The van der Waals surface area contributed by atoms with Gasteiger partial charge in [0.15, 0.2) is 11.5 Å². The number of hydrogen-bond acceptors (Lipinski definition) is 3. The standard InChI is InChI=1S/C21H26ClNO2/c1-5-8-17-12-16(13-20(24-4)21(17)25-11-6-2)14-23-19-10-7-9-18(22)15(19)3/h5,7,9-10,12-13,23H,1,6,8,11,14H2,2-4H3. The van der Waals surface area contributed by atoms with E-state index in [0.717, 1.165) is 51.7 Å². The van der Waals surface area contributed by atoms with Gasteiger partial charge in [-0.25, -0.2) is 0 Å². The van der Waals surface area contributed by atoms with Crippen molar-refractivity contribution in [3.63, 3.8) is 0 Å². The van der Waals surface area contributed by atoms with E-state index in [1.54, 1.807) is 7.11 Å². The molecule has 0 amide bonds. The van der Waals surface area contributed by atoms with Crippen LogP contribution in [0.1, 0.15) is 30.0 Å². The largest absolute Gasteiger partial charge is 0.493 e. The van der Waals surface area contributed by atoms with Crippen LogP contribution in [-0.2, 0) is 13.0 Å². The van der Waals surface area contributed by atoms with Crippen LogP contribution in [0.3, 0.4) is 0 Å². The zero-order chi connectivity index (χ0) is 18.2. The van der Waals surface area contributed by atoms with Crippen molar-refractivity contribution < 1.29 is 9.47 Å². The van der Waals surface area contributed by atoms with Crippen LogP contribution in [0, 0.1) is 6.92 Å². The van der Waals surface area contributed by atoms with E-state index < -0.39 is 0 Å². The normalized spacial score (nSPS) is 10.4. The molecular formula is C21H26ClNO2. The Labute approximate surface area is 155 Å². The molecule has 25 heavy (non-hydrogen) atoms. The first kappa shape index (κ1) is 19.2. The maximum atomic E-state index is 6.19. The van der Waals surface area contributed by atoms with Gasteiger partial charge in [0, 0.05) is 22.8 Å². The number of allylic oxidation sites excluding steroid dienone is 1. The second kappa shape index (κ2) is 9.38. The Bertz CT molecular complexity index is 728. The van der Waals surface area contributed by atoms with Crippen LogP contribution in [0.4, 0.5) is 5.69 Å². The van der Waals surface area contributed by atoms with Crippen molar-refractivity contribution in [2.24, 2.45) is 0 Å². The van der Waals surface area contributed by atoms with Gasteiger partial charge in [-0.3, -0.25) is 0 Å². The van der Waals surface area contributed by atoms with Crippen LogP contribution in [-0.4, -0.2) is 13.7 Å². The van der Waals surface area contributed by atoms with E-state index in [9.17, 15) is 0 Å². The minimum absolute atomic E-state index is 0.666. The van der Waals surface area contributed by atoms with Crippen molar-refractivity contribution in [1.82, 2.24) is 0 Å². The molecule has 0 aliphatic carbocycles. The number of nitrogens with one attached hydrogen (secondary N) is 1. The lowest BCUT2D eigenvalue weighted by Gasteiger charge is -2.17. The molecule has 1 N–H and O–H groups in total. The minimum atomic E-state index is 0.666. The quantitative estimate of drug-likeness (QED) is 0.575. The maximum Gasteiger partial charge on any atom is 0.164 e.